The third-order valence-electron chi connectivity index (χ3n) is 6.12. The number of nitrogens with zero attached hydrogens (tertiary/aromatic N) is 1. The van der Waals surface area contributed by atoms with Gasteiger partial charge in [-0.2, -0.15) is 0 Å². The molecule has 0 aromatic heterocycles. The summed E-state index contributed by atoms with van der Waals surface area (Å²) in [4.78, 5) is 28.3. The van der Waals surface area contributed by atoms with E-state index in [-0.39, 0.29) is 23.6 Å². The molecule has 34 heavy (non-hydrogen) atoms. The molecule has 4 nitrogen and oxygen atoms in total. The van der Waals surface area contributed by atoms with Gasteiger partial charge in [0.2, 0.25) is 11.8 Å². The van der Waals surface area contributed by atoms with Crippen molar-refractivity contribution in [2.45, 2.75) is 69.8 Å². The van der Waals surface area contributed by atoms with Crippen molar-refractivity contribution < 1.29 is 9.59 Å². The van der Waals surface area contributed by atoms with Gasteiger partial charge in [0.1, 0.15) is 6.04 Å². The molecule has 0 aliphatic heterocycles. The van der Waals surface area contributed by atoms with Crippen LogP contribution in [-0.4, -0.2) is 34.6 Å². The number of benzene rings is 2. The second kappa shape index (κ2) is 13.6. The van der Waals surface area contributed by atoms with Gasteiger partial charge < -0.3 is 10.2 Å². The van der Waals surface area contributed by atoms with Crippen molar-refractivity contribution in [1.29, 1.82) is 0 Å². The normalized spacial score (nSPS) is 15.1. The molecule has 1 fully saturated rings. The lowest BCUT2D eigenvalue weighted by Crippen LogP contribution is -2.52. The first-order valence-electron chi connectivity index (χ1n) is 11.7. The maximum absolute atomic E-state index is 13.4. The lowest BCUT2D eigenvalue weighted by Gasteiger charge is -2.33. The van der Waals surface area contributed by atoms with Crippen molar-refractivity contribution in [2.24, 2.45) is 0 Å². The molecule has 1 saturated carbocycles. The summed E-state index contributed by atoms with van der Waals surface area (Å²) in [6.45, 7) is 2.23. The summed E-state index contributed by atoms with van der Waals surface area (Å²) in [6, 6.07) is 12.6. The molecule has 0 spiro atoms. The van der Waals surface area contributed by atoms with Crippen molar-refractivity contribution in [3.05, 3.63) is 68.7 Å². The Labute approximate surface area is 221 Å². The SMILES string of the molecule is CCC(C(=O)NC1CCCCC1)N(Cc1ccc(Cl)c(Cl)c1)C(=O)CSCc1ccccc1Cl. The molecule has 2 aromatic carbocycles. The highest BCUT2D eigenvalue weighted by Gasteiger charge is 2.30. The molecule has 1 aliphatic carbocycles. The van der Waals surface area contributed by atoms with Crippen LogP contribution in [0.1, 0.15) is 56.6 Å². The number of carbonyl (C=O) groups excluding carboxylic acids is 2. The van der Waals surface area contributed by atoms with Crippen LogP contribution in [0.2, 0.25) is 15.1 Å². The van der Waals surface area contributed by atoms with Gasteiger partial charge in [-0.05, 0) is 48.6 Å². The maximum Gasteiger partial charge on any atom is 0.243 e. The smallest absolute Gasteiger partial charge is 0.243 e. The van der Waals surface area contributed by atoms with Gasteiger partial charge >= 0.3 is 0 Å². The van der Waals surface area contributed by atoms with Gasteiger partial charge in [-0.25, -0.2) is 0 Å². The summed E-state index contributed by atoms with van der Waals surface area (Å²) in [7, 11) is 0. The number of hydrogen-bond donors (Lipinski definition) is 1. The highest BCUT2D eigenvalue weighted by Crippen LogP contribution is 2.26. The van der Waals surface area contributed by atoms with E-state index in [9.17, 15) is 9.59 Å². The molecule has 1 unspecified atom stereocenters. The number of halogens is 3. The van der Waals surface area contributed by atoms with Crippen molar-refractivity contribution >= 4 is 58.4 Å². The number of nitrogens with one attached hydrogen (secondary N) is 1. The molecular formula is C26H31Cl3N2O2S. The molecule has 1 atom stereocenters. The molecule has 3 rings (SSSR count). The van der Waals surface area contributed by atoms with Gasteiger partial charge in [0, 0.05) is 23.4 Å². The summed E-state index contributed by atoms with van der Waals surface area (Å²) in [5.41, 5.74) is 1.82. The number of carbonyl (C=O) groups is 2. The zero-order valence-corrected chi connectivity index (χ0v) is 22.5. The molecule has 2 amide bonds. The van der Waals surface area contributed by atoms with Crippen LogP contribution in [0.5, 0.6) is 0 Å². The lowest BCUT2D eigenvalue weighted by atomic mass is 9.95. The van der Waals surface area contributed by atoms with Gasteiger partial charge in [-0.1, -0.05) is 85.3 Å². The van der Waals surface area contributed by atoms with E-state index in [1.165, 1.54) is 18.2 Å². The Bertz CT molecular complexity index is 982. The van der Waals surface area contributed by atoms with Crippen LogP contribution >= 0.6 is 46.6 Å². The molecule has 0 saturated heterocycles. The van der Waals surface area contributed by atoms with Crippen molar-refractivity contribution in [3.63, 3.8) is 0 Å². The number of rotatable bonds is 10. The Morgan fingerprint density at radius 2 is 1.76 bits per heavy atom. The van der Waals surface area contributed by atoms with Gasteiger partial charge in [0.15, 0.2) is 0 Å². The van der Waals surface area contributed by atoms with Gasteiger partial charge in [0.25, 0.3) is 0 Å². The first-order chi connectivity index (χ1) is 16.4. The zero-order valence-electron chi connectivity index (χ0n) is 19.4. The standard InChI is InChI=1S/C26H31Cl3N2O2S/c1-2-24(26(33)30-20-9-4-3-5-10-20)31(15-18-12-13-22(28)23(29)14-18)25(32)17-34-16-19-8-6-7-11-21(19)27/h6-8,11-14,20,24H,2-5,9-10,15-17H2,1H3,(H,30,33). The Hall–Kier alpha value is -1.40. The monoisotopic (exact) mass is 540 g/mol. The summed E-state index contributed by atoms with van der Waals surface area (Å²) >= 11 is 20.0. The van der Waals surface area contributed by atoms with E-state index >= 15 is 0 Å². The number of hydrogen-bond acceptors (Lipinski definition) is 3. The van der Waals surface area contributed by atoms with Crippen molar-refractivity contribution in [2.75, 3.05) is 5.75 Å². The van der Waals surface area contributed by atoms with Crippen LogP contribution in [0.25, 0.3) is 0 Å². The molecular weight excluding hydrogens is 511 g/mol. The van der Waals surface area contributed by atoms with E-state index in [1.807, 2.05) is 37.3 Å². The van der Waals surface area contributed by atoms with E-state index in [4.69, 9.17) is 34.8 Å². The average molecular weight is 542 g/mol. The first-order valence-corrected chi connectivity index (χ1v) is 14.0. The van der Waals surface area contributed by atoms with Crippen LogP contribution in [0.4, 0.5) is 0 Å². The minimum absolute atomic E-state index is 0.0843. The minimum atomic E-state index is -0.551. The quantitative estimate of drug-likeness (QED) is 0.348. The molecule has 0 heterocycles. The Morgan fingerprint density at radius 1 is 1.03 bits per heavy atom. The molecule has 8 heteroatoms. The van der Waals surface area contributed by atoms with E-state index < -0.39 is 6.04 Å². The van der Waals surface area contributed by atoms with E-state index in [1.54, 1.807) is 17.0 Å². The summed E-state index contributed by atoms with van der Waals surface area (Å²) in [5.74, 6) is 0.698. The molecule has 1 aliphatic rings. The van der Waals surface area contributed by atoms with Crippen LogP contribution in [0.3, 0.4) is 0 Å². The van der Waals surface area contributed by atoms with Crippen molar-refractivity contribution in [1.82, 2.24) is 10.2 Å². The van der Waals surface area contributed by atoms with E-state index in [0.29, 0.717) is 33.8 Å². The Kier molecular flexibility index (Phi) is 10.9. The molecule has 184 valence electrons. The Morgan fingerprint density at radius 3 is 2.44 bits per heavy atom. The topological polar surface area (TPSA) is 49.4 Å². The third kappa shape index (κ3) is 7.81. The van der Waals surface area contributed by atoms with Crippen LogP contribution in [0, 0.1) is 0 Å². The molecule has 0 radical (unpaired) electrons. The summed E-state index contributed by atoms with van der Waals surface area (Å²) in [6.07, 6.45) is 6.00. The van der Waals surface area contributed by atoms with Gasteiger partial charge in [-0.15, -0.1) is 11.8 Å². The van der Waals surface area contributed by atoms with E-state index in [2.05, 4.69) is 5.32 Å². The molecule has 1 N–H and O–H groups in total. The third-order valence-corrected chi connectivity index (χ3v) is 8.19. The second-order valence-electron chi connectivity index (χ2n) is 8.62. The Balaban J connectivity index is 1.73. The van der Waals surface area contributed by atoms with Crippen LogP contribution in [-0.2, 0) is 21.9 Å². The van der Waals surface area contributed by atoms with E-state index in [0.717, 1.165) is 36.8 Å². The lowest BCUT2D eigenvalue weighted by molar-refractivity contribution is -0.139. The number of thioether (sulfide) groups is 1. The molecule has 0 bridgehead atoms. The zero-order chi connectivity index (χ0) is 24.5. The summed E-state index contributed by atoms with van der Waals surface area (Å²) < 4.78 is 0. The van der Waals surface area contributed by atoms with Gasteiger partial charge in [-0.3, -0.25) is 9.59 Å². The molecule has 2 aromatic rings. The fourth-order valence-corrected chi connectivity index (χ4v) is 5.76. The highest BCUT2D eigenvalue weighted by molar-refractivity contribution is 7.99. The first kappa shape index (κ1) is 27.2. The highest BCUT2D eigenvalue weighted by atomic mass is 35.5. The predicted molar refractivity (Wildman–Crippen MR) is 144 cm³/mol. The fourth-order valence-electron chi connectivity index (χ4n) is 4.25. The van der Waals surface area contributed by atoms with Gasteiger partial charge in [0.05, 0.1) is 15.8 Å². The minimum Gasteiger partial charge on any atom is -0.352 e. The van der Waals surface area contributed by atoms with Crippen molar-refractivity contribution in [3.8, 4) is 0 Å². The largest absolute Gasteiger partial charge is 0.352 e. The predicted octanol–water partition coefficient (Wildman–Crippen LogP) is 7.14. The maximum atomic E-state index is 13.4. The summed E-state index contributed by atoms with van der Waals surface area (Å²) in [5, 5.41) is 4.77. The van der Waals surface area contributed by atoms with Crippen LogP contribution in [0.15, 0.2) is 42.5 Å². The van der Waals surface area contributed by atoms with Crippen LogP contribution < -0.4 is 5.32 Å². The fraction of sp³-hybridized carbons (Fsp3) is 0.462. The number of amides is 2. The second-order valence-corrected chi connectivity index (χ2v) is 10.8. The average Bonchev–Trinajstić information content (AvgIpc) is 2.83.